The number of benzene rings is 1. The topological polar surface area (TPSA) is 51.8 Å². The van der Waals surface area contributed by atoms with Crippen molar-refractivity contribution in [3.63, 3.8) is 0 Å². The quantitative estimate of drug-likeness (QED) is 0.779. The van der Waals surface area contributed by atoms with Crippen LogP contribution in [0.2, 0.25) is 5.02 Å². The number of hydrogen-bond donors (Lipinski definition) is 1. The molecule has 3 rings (SSSR count). The van der Waals surface area contributed by atoms with Crippen LogP contribution in [0.4, 0.5) is 0 Å². The van der Waals surface area contributed by atoms with Crippen molar-refractivity contribution >= 4 is 27.5 Å². The maximum atomic E-state index is 6.17. The number of fused-ring (bicyclic) bond motifs is 1. The normalized spacial score (nSPS) is 18.4. The highest BCUT2D eigenvalue weighted by molar-refractivity contribution is 9.10. The van der Waals surface area contributed by atoms with Crippen LogP contribution in [-0.4, -0.2) is 9.97 Å². The highest BCUT2D eigenvalue weighted by Crippen LogP contribution is 2.30. The molecule has 0 bridgehead atoms. The summed E-state index contributed by atoms with van der Waals surface area (Å²) < 4.78 is 0.854. The van der Waals surface area contributed by atoms with Crippen LogP contribution < -0.4 is 5.73 Å². The maximum absolute atomic E-state index is 6.17. The van der Waals surface area contributed by atoms with Crippen molar-refractivity contribution in [1.29, 1.82) is 0 Å². The van der Waals surface area contributed by atoms with Gasteiger partial charge in [-0.3, -0.25) is 0 Å². The van der Waals surface area contributed by atoms with Gasteiger partial charge in [-0.1, -0.05) is 18.0 Å². The highest BCUT2D eigenvalue weighted by atomic mass is 79.9. The van der Waals surface area contributed by atoms with Crippen LogP contribution in [0.15, 0.2) is 28.9 Å². The second kappa shape index (κ2) is 5.80. The van der Waals surface area contributed by atoms with E-state index in [-0.39, 0.29) is 6.04 Å². The molecule has 104 valence electrons. The predicted molar refractivity (Wildman–Crippen MR) is 84.7 cm³/mol. The first-order chi connectivity index (χ1) is 9.65. The molecule has 2 N–H and O–H groups in total. The van der Waals surface area contributed by atoms with Gasteiger partial charge in [0.2, 0.25) is 0 Å². The fourth-order valence-electron chi connectivity index (χ4n) is 2.52. The average Bonchev–Trinajstić information content (AvgIpc) is 2.63. The third kappa shape index (κ3) is 2.73. The summed E-state index contributed by atoms with van der Waals surface area (Å²) >= 11 is 9.45. The lowest BCUT2D eigenvalue weighted by molar-refractivity contribution is 0.614. The van der Waals surface area contributed by atoms with Gasteiger partial charge in [-0.05, 0) is 53.4 Å². The Morgan fingerprint density at radius 2 is 2.15 bits per heavy atom. The standard InChI is InChI=1S/C15H15BrClN3/c16-11-7-9(5-6-12(11)17)15-19-8-10-13(18)3-1-2-4-14(10)20-15/h5-8,13H,1-4,18H2. The molecular formula is C15H15BrClN3. The van der Waals surface area contributed by atoms with E-state index in [1.165, 1.54) is 0 Å². The van der Waals surface area contributed by atoms with Crippen LogP contribution in [0.3, 0.4) is 0 Å². The Balaban J connectivity index is 2.03. The first-order valence-electron chi connectivity index (χ1n) is 6.72. The summed E-state index contributed by atoms with van der Waals surface area (Å²) in [5, 5.41) is 0.686. The van der Waals surface area contributed by atoms with Crippen molar-refractivity contribution in [3.05, 3.63) is 45.1 Å². The van der Waals surface area contributed by atoms with Gasteiger partial charge in [0.25, 0.3) is 0 Å². The summed E-state index contributed by atoms with van der Waals surface area (Å²) in [6.07, 6.45) is 6.17. The summed E-state index contributed by atoms with van der Waals surface area (Å²) in [5.41, 5.74) is 9.32. The van der Waals surface area contributed by atoms with E-state index in [1.807, 2.05) is 24.4 Å². The molecule has 1 aliphatic carbocycles. The van der Waals surface area contributed by atoms with Crippen LogP contribution in [-0.2, 0) is 6.42 Å². The number of nitrogens with two attached hydrogens (primary N) is 1. The van der Waals surface area contributed by atoms with E-state index in [1.54, 1.807) is 0 Å². The monoisotopic (exact) mass is 351 g/mol. The van der Waals surface area contributed by atoms with Crippen LogP contribution in [0.25, 0.3) is 11.4 Å². The van der Waals surface area contributed by atoms with Gasteiger partial charge in [0.1, 0.15) is 0 Å². The number of aryl methyl sites for hydroxylation is 1. The highest BCUT2D eigenvalue weighted by Gasteiger charge is 2.18. The zero-order chi connectivity index (χ0) is 14.1. The van der Waals surface area contributed by atoms with E-state index in [0.29, 0.717) is 5.02 Å². The van der Waals surface area contributed by atoms with E-state index >= 15 is 0 Å². The fourth-order valence-corrected chi connectivity index (χ4v) is 3.02. The molecule has 0 saturated carbocycles. The molecule has 1 aliphatic rings. The molecule has 1 unspecified atom stereocenters. The molecule has 0 fully saturated rings. The van der Waals surface area contributed by atoms with Crippen molar-refractivity contribution in [3.8, 4) is 11.4 Å². The van der Waals surface area contributed by atoms with E-state index < -0.39 is 0 Å². The van der Waals surface area contributed by atoms with Gasteiger partial charge in [0.15, 0.2) is 5.82 Å². The van der Waals surface area contributed by atoms with E-state index in [9.17, 15) is 0 Å². The molecule has 3 nitrogen and oxygen atoms in total. The molecule has 0 spiro atoms. The SMILES string of the molecule is NC1CCCCc2nc(-c3ccc(Cl)c(Br)c3)ncc21. The molecule has 2 aromatic rings. The van der Waals surface area contributed by atoms with Gasteiger partial charge >= 0.3 is 0 Å². The van der Waals surface area contributed by atoms with Gasteiger partial charge < -0.3 is 5.73 Å². The van der Waals surface area contributed by atoms with Crippen LogP contribution in [0.5, 0.6) is 0 Å². The van der Waals surface area contributed by atoms with Crippen molar-refractivity contribution < 1.29 is 0 Å². The maximum Gasteiger partial charge on any atom is 0.159 e. The Morgan fingerprint density at radius 1 is 1.30 bits per heavy atom. The average molecular weight is 353 g/mol. The summed E-state index contributed by atoms with van der Waals surface area (Å²) in [7, 11) is 0. The second-order valence-electron chi connectivity index (χ2n) is 5.08. The smallest absolute Gasteiger partial charge is 0.159 e. The molecule has 0 aliphatic heterocycles. The summed E-state index contributed by atoms with van der Waals surface area (Å²) in [6, 6.07) is 5.80. The molecule has 5 heteroatoms. The first kappa shape index (κ1) is 14.0. The lowest BCUT2D eigenvalue weighted by Gasteiger charge is -2.12. The van der Waals surface area contributed by atoms with Gasteiger partial charge in [-0.15, -0.1) is 0 Å². The fraction of sp³-hybridized carbons (Fsp3) is 0.333. The third-order valence-corrected chi connectivity index (χ3v) is 4.87. The molecule has 20 heavy (non-hydrogen) atoms. The van der Waals surface area contributed by atoms with Crippen LogP contribution in [0, 0.1) is 0 Å². The summed E-state index contributed by atoms with van der Waals surface area (Å²) in [4.78, 5) is 9.18. The summed E-state index contributed by atoms with van der Waals surface area (Å²) in [5.74, 6) is 0.732. The largest absolute Gasteiger partial charge is 0.324 e. The Kier molecular flexibility index (Phi) is 4.06. The van der Waals surface area contributed by atoms with Crippen molar-refractivity contribution in [2.75, 3.05) is 0 Å². The van der Waals surface area contributed by atoms with E-state index in [2.05, 4.69) is 20.9 Å². The van der Waals surface area contributed by atoms with Gasteiger partial charge in [0.05, 0.1) is 5.02 Å². The predicted octanol–water partition coefficient (Wildman–Crippen LogP) is 4.29. The number of hydrogen-bond acceptors (Lipinski definition) is 3. The first-order valence-corrected chi connectivity index (χ1v) is 7.89. The van der Waals surface area contributed by atoms with Crippen molar-refractivity contribution in [1.82, 2.24) is 9.97 Å². The van der Waals surface area contributed by atoms with Crippen LogP contribution >= 0.6 is 27.5 Å². The van der Waals surface area contributed by atoms with Gasteiger partial charge in [-0.2, -0.15) is 0 Å². The van der Waals surface area contributed by atoms with E-state index in [0.717, 1.165) is 52.8 Å². The lowest BCUT2D eigenvalue weighted by Crippen LogP contribution is -2.12. The van der Waals surface area contributed by atoms with Crippen LogP contribution in [0.1, 0.15) is 36.6 Å². The Labute approximate surface area is 131 Å². The van der Waals surface area contributed by atoms with Crippen molar-refractivity contribution in [2.24, 2.45) is 5.73 Å². The number of rotatable bonds is 1. The molecule has 1 aromatic heterocycles. The minimum atomic E-state index is 0.0681. The van der Waals surface area contributed by atoms with E-state index in [4.69, 9.17) is 22.3 Å². The van der Waals surface area contributed by atoms with Gasteiger partial charge in [0, 0.05) is 33.5 Å². The molecule has 1 aromatic carbocycles. The molecule has 0 saturated heterocycles. The molecule has 1 atom stereocenters. The molecule has 0 amide bonds. The lowest BCUT2D eigenvalue weighted by atomic mass is 10.1. The molecule has 0 radical (unpaired) electrons. The number of nitrogens with zero attached hydrogens (tertiary/aromatic N) is 2. The van der Waals surface area contributed by atoms with Gasteiger partial charge in [-0.25, -0.2) is 9.97 Å². The zero-order valence-corrected chi connectivity index (χ0v) is 13.3. The molecule has 1 heterocycles. The number of aromatic nitrogens is 2. The zero-order valence-electron chi connectivity index (χ0n) is 10.9. The summed E-state index contributed by atoms with van der Waals surface area (Å²) in [6.45, 7) is 0. The minimum absolute atomic E-state index is 0.0681. The number of halogens is 2. The Hall–Kier alpha value is -0.970. The van der Waals surface area contributed by atoms with Crippen molar-refractivity contribution in [2.45, 2.75) is 31.7 Å². The Bertz CT molecular complexity index is 645. The Morgan fingerprint density at radius 3 is 2.95 bits per heavy atom. The minimum Gasteiger partial charge on any atom is -0.324 e. The second-order valence-corrected chi connectivity index (χ2v) is 6.34. The third-order valence-electron chi connectivity index (χ3n) is 3.66. The molecular weight excluding hydrogens is 338 g/mol.